The fourth-order valence-electron chi connectivity index (χ4n) is 2.58. The molecule has 7 heteroatoms. The molecule has 3 N–H and O–H groups in total. The molecule has 0 bridgehead atoms. The van der Waals surface area contributed by atoms with E-state index in [0.29, 0.717) is 18.8 Å². The van der Waals surface area contributed by atoms with Gasteiger partial charge in [0.25, 0.3) is 0 Å². The summed E-state index contributed by atoms with van der Waals surface area (Å²) in [5.41, 5.74) is 6.05. The van der Waals surface area contributed by atoms with E-state index in [9.17, 15) is 8.42 Å². The third kappa shape index (κ3) is 3.66. The Balaban J connectivity index is 2.13. The van der Waals surface area contributed by atoms with Crippen molar-refractivity contribution in [1.29, 1.82) is 0 Å². The molecule has 1 aromatic rings. The topological polar surface area (TPSA) is 90.7 Å². The van der Waals surface area contributed by atoms with Gasteiger partial charge >= 0.3 is 0 Å². The van der Waals surface area contributed by atoms with E-state index in [0.717, 1.165) is 12.8 Å². The average Bonchev–Trinajstić information content (AvgIpc) is 2.92. The van der Waals surface area contributed by atoms with Gasteiger partial charge in [-0.1, -0.05) is 6.92 Å². The first-order chi connectivity index (χ1) is 9.97. The van der Waals surface area contributed by atoms with Crippen molar-refractivity contribution in [2.24, 2.45) is 5.92 Å². The van der Waals surface area contributed by atoms with E-state index in [4.69, 9.17) is 15.2 Å². The highest BCUT2D eigenvalue weighted by molar-refractivity contribution is 7.89. The number of hydrogen-bond acceptors (Lipinski definition) is 5. The molecule has 0 aromatic heterocycles. The lowest BCUT2D eigenvalue weighted by Crippen LogP contribution is -2.33. The molecule has 2 unspecified atom stereocenters. The van der Waals surface area contributed by atoms with Gasteiger partial charge in [0.2, 0.25) is 10.0 Å². The van der Waals surface area contributed by atoms with Crippen LogP contribution in [0.5, 0.6) is 5.75 Å². The fourth-order valence-corrected chi connectivity index (χ4v) is 3.87. The second-order valence-corrected chi connectivity index (χ2v) is 6.86. The van der Waals surface area contributed by atoms with E-state index in [2.05, 4.69) is 4.72 Å². The van der Waals surface area contributed by atoms with Crippen molar-refractivity contribution in [2.75, 3.05) is 26.0 Å². The summed E-state index contributed by atoms with van der Waals surface area (Å²) in [6, 6.07) is 4.57. The molecule has 1 aliphatic heterocycles. The highest BCUT2D eigenvalue weighted by atomic mass is 32.2. The minimum Gasteiger partial charge on any atom is -0.495 e. The van der Waals surface area contributed by atoms with Gasteiger partial charge in [-0.15, -0.1) is 0 Å². The molecule has 1 aromatic carbocycles. The van der Waals surface area contributed by atoms with Crippen LogP contribution >= 0.6 is 0 Å². The van der Waals surface area contributed by atoms with Crippen molar-refractivity contribution in [3.8, 4) is 5.75 Å². The van der Waals surface area contributed by atoms with Gasteiger partial charge in [-0.05, 0) is 31.0 Å². The summed E-state index contributed by atoms with van der Waals surface area (Å²) >= 11 is 0. The summed E-state index contributed by atoms with van der Waals surface area (Å²) in [7, 11) is -2.22. The van der Waals surface area contributed by atoms with Gasteiger partial charge in [0.1, 0.15) is 10.6 Å². The largest absolute Gasteiger partial charge is 0.495 e. The summed E-state index contributed by atoms with van der Waals surface area (Å²) in [4.78, 5) is 0.0666. The molecule has 0 radical (unpaired) electrons. The molecule has 1 aliphatic rings. The Morgan fingerprint density at radius 1 is 1.48 bits per heavy atom. The van der Waals surface area contributed by atoms with E-state index in [1.54, 1.807) is 12.1 Å². The van der Waals surface area contributed by atoms with E-state index >= 15 is 0 Å². The predicted molar refractivity (Wildman–Crippen MR) is 80.7 cm³/mol. The van der Waals surface area contributed by atoms with Crippen LogP contribution in [0.4, 0.5) is 5.69 Å². The first-order valence-electron chi connectivity index (χ1n) is 7.02. The lowest BCUT2D eigenvalue weighted by Gasteiger charge is -2.18. The fraction of sp³-hybridized carbons (Fsp3) is 0.571. The molecule has 1 fully saturated rings. The van der Waals surface area contributed by atoms with Gasteiger partial charge in [0.05, 0.1) is 13.2 Å². The van der Waals surface area contributed by atoms with E-state index in [1.807, 2.05) is 6.92 Å². The Morgan fingerprint density at radius 3 is 2.90 bits per heavy atom. The maximum absolute atomic E-state index is 12.4. The Labute approximate surface area is 125 Å². The molecule has 0 aliphatic carbocycles. The van der Waals surface area contributed by atoms with Crippen LogP contribution in [0.1, 0.15) is 19.8 Å². The van der Waals surface area contributed by atoms with Crippen molar-refractivity contribution in [3.63, 3.8) is 0 Å². The van der Waals surface area contributed by atoms with Gasteiger partial charge in [-0.3, -0.25) is 0 Å². The van der Waals surface area contributed by atoms with Crippen LogP contribution in [0.3, 0.4) is 0 Å². The minimum absolute atomic E-state index is 0.0666. The molecule has 21 heavy (non-hydrogen) atoms. The lowest BCUT2D eigenvalue weighted by molar-refractivity contribution is 0.0884. The number of rotatable bonds is 6. The average molecular weight is 314 g/mol. The van der Waals surface area contributed by atoms with Crippen LogP contribution in [0.15, 0.2) is 23.1 Å². The summed E-state index contributed by atoms with van der Waals surface area (Å²) in [5.74, 6) is 0.489. The summed E-state index contributed by atoms with van der Waals surface area (Å²) in [6.07, 6.45) is 1.87. The summed E-state index contributed by atoms with van der Waals surface area (Å²) in [5, 5.41) is 0. The van der Waals surface area contributed by atoms with E-state index in [1.165, 1.54) is 13.2 Å². The quantitative estimate of drug-likeness (QED) is 0.774. The normalized spacial score (nSPS) is 22.4. The third-order valence-corrected chi connectivity index (χ3v) is 5.21. The first-order valence-corrected chi connectivity index (χ1v) is 8.51. The zero-order valence-corrected chi connectivity index (χ0v) is 13.2. The molecule has 1 saturated heterocycles. The number of sulfonamides is 1. The molecule has 2 rings (SSSR count). The second kappa shape index (κ2) is 6.64. The summed E-state index contributed by atoms with van der Waals surface area (Å²) < 4.78 is 38.2. The summed E-state index contributed by atoms with van der Waals surface area (Å²) in [6.45, 7) is 3.09. The van der Waals surface area contributed by atoms with Crippen molar-refractivity contribution in [2.45, 2.75) is 30.8 Å². The number of anilines is 1. The van der Waals surface area contributed by atoms with Crippen LogP contribution in [0.25, 0.3) is 0 Å². The number of nitrogens with one attached hydrogen (secondary N) is 1. The number of hydrogen-bond donors (Lipinski definition) is 2. The minimum atomic E-state index is -3.66. The second-order valence-electron chi connectivity index (χ2n) is 5.13. The predicted octanol–water partition coefficient (Wildman–Crippen LogP) is 1.37. The zero-order chi connectivity index (χ0) is 15.5. The van der Waals surface area contributed by atoms with Crippen LogP contribution in [-0.4, -0.2) is 34.8 Å². The van der Waals surface area contributed by atoms with Crippen molar-refractivity contribution in [1.82, 2.24) is 4.72 Å². The number of ether oxygens (including phenoxy) is 2. The van der Waals surface area contributed by atoms with Crippen molar-refractivity contribution < 1.29 is 17.9 Å². The Kier molecular flexibility index (Phi) is 5.08. The molecule has 1 heterocycles. The van der Waals surface area contributed by atoms with Crippen molar-refractivity contribution >= 4 is 15.7 Å². The standard InChI is InChI=1S/C14H22N2O4S/c1-3-12-10(6-7-20-12)9-16-21(17,18)14-8-11(15)4-5-13(14)19-2/h4-5,8,10,12,16H,3,6-7,9,15H2,1-2H3. The number of nitrogen functional groups attached to an aromatic ring is 1. The van der Waals surface area contributed by atoms with Crippen LogP contribution < -0.4 is 15.2 Å². The Hall–Kier alpha value is -1.31. The Bertz CT molecular complexity index is 589. The third-order valence-electron chi connectivity index (χ3n) is 3.76. The molecule has 0 amide bonds. The SMILES string of the molecule is CCC1OCCC1CNS(=O)(=O)c1cc(N)ccc1OC. The number of benzene rings is 1. The maximum Gasteiger partial charge on any atom is 0.244 e. The van der Waals surface area contributed by atoms with Crippen LogP contribution in [0.2, 0.25) is 0 Å². The molecule has 2 atom stereocenters. The molecule has 6 nitrogen and oxygen atoms in total. The monoisotopic (exact) mass is 314 g/mol. The molecular formula is C14H22N2O4S. The van der Waals surface area contributed by atoms with E-state index < -0.39 is 10.0 Å². The lowest BCUT2D eigenvalue weighted by atomic mass is 10.0. The van der Waals surface area contributed by atoms with Gasteiger partial charge in [-0.2, -0.15) is 0 Å². The van der Waals surface area contributed by atoms with Gasteiger partial charge in [0, 0.05) is 24.8 Å². The van der Waals surface area contributed by atoms with Gasteiger partial charge < -0.3 is 15.2 Å². The molecular weight excluding hydrogens is 292 g/mol. The van der Waals surface area contributed by atoms with Gasteiger partial charge in [0.15, 0.2) is 0 Å². The molecule has 0 spiro atoms. The number of nitrogens with two attached hydrogens (primary N) is 1. The highest BCUT2D eigenvalue weighted by Crippen LogP contribution is 2.27. The zero-order valence-electron chi connectivity index (χ0n) is 12.3. The van der Waals surface area contributed by atoms with Gasteiger partial charge in [-0.25, -0.2) is 13.1 Å². The smallest absolute Gasteiger partial charge is 0.244 e. The van der Waals surface area contributed by atoms with Crippen molar-refractivity contribution in [3.05, 3.63) is 18.2 Å². The van der Waals surface area contributed by atoms with Crippen LogP contribution in [-0.2, 0) is 14.8 Å². The Morgan fingerprint density at radius 2 is 2.24 bits per heavy atom. The first kappa shape index (κ1) is 16.1. The number of methoxy groups -OCH3 is 1. The molecule has 0 saturated carbocycles. The molecule has 118 valence electrons. The van der Waals surface area contributed by atoms with Crippen LogP contribution in [0, 0.1) is 5.92 Å². The van der Waals surface area contributed by atoms with E-state index in [-0.39, 0.29) is 22.7 Å². The maximum atomic E-state index is 12.4. The highest BCUT2D eigenvalue weighted by Gasteiger charge is 2.29.